The molecular weight excluding hydrogens is 221 g/mol. The first-order valence-electron chi connectivity index (χ1n) is 5.46. The van der Waals surface area contributed by atoms with Crippen molar-refractivity contribution in [1.82, 2.24) is 0 Å². The van der Waals surface area contributed by atoms with E-state index in [1.165, 1.54) is 6.07 Å². The molecule has 4 N–H and O–H groups in total. The van der Waals surface area contributed by atoms with Gasteiger partial charge >= 0.3 is 0 Å². The number of carbonyl (C=O) groups is 1. The van der Waals surface area contributed by atoms with Gasteiger partial charge in [-0.05, 0) is 26.0 Å². The van der Waals surface area contributed by atoms with Gasteiger partial charge in [-0.2, -0.15) is 0 Å². The summed E-state index contributed by atoms with van der Waals surface area (Å²) in [4.78, 5) is 12.9. The molecule has 0 fully saturated rings. The summed E-state index contributed by atoms with van der Waals surface area (Å²) >= 11 is 0. The molecule has 0 spiro atoms. The molecule has 94 valence electrons. The topological polar surface area (TPSA) is 72.3 Å². The molecule has 5 heteroatoms. The normalized spacial score (nSPS) is 14.1. The quantitative estimate of drug-likeness (QED) is 0.800. The van der Waals surface area contributed by atoms with Gasteiger partial charge in [-0.25, -0.2) is 4.39 Å². The Morgan fingerprint density at radius 2 is 2.06 bits per heavy atom. The fourth-order valence-electron chi connectivity index (χ4n) is 1.55. The molecule has 0 saturated heterocycles. The summed E-state index contributed by atoms with van der Waals surface area (Å²) in [5.74, 6) is -0.943. The van der Waals surface area contributed by atoms with Gasteiger partial charge in [0.15, 0.2) is 0 Å². The number of rotatable bonds is 5. The van der Waals surface area contributed by atoms with E-state index in [4.69, 9.17) is 11.5 Å². The van der Waals surface area contributed by atoms with Crippen LogP contribution in [0.15, 0.2) is 24.3 Å². The molecule has 0 bridgehead atoms. The Morgan fingerprint density at radius 1 is 1.47 bits per heavy atom. The Hall–Kier alpha value is -1.62. The Morgan fingerprint density at radius 3 is 2.53 bits per heavy atom. The highest BCUT2D eigenvalue weighted by Crippen LogP contribution is 2.19. The highest BCUT2D eigenvalue weighted by Gasteiger charge is 2.28. The van der Waals surface area contributed by atoms with Crippen LogP contribution >= 0.6 is 0 Å². The molecule has 1 aromatic rings. The summed E-state index contributed by atoms with van der Waals surface area (Å²) in [5.41, 5.74) is 10.2. The van der Waals surface area contributed by atoms with E-state index in [-0.39, 0.29) is 12.4 Å². The average Bonchev–Trinajstić information content (AvgIpc) is 2.26. The molecule has 1 atom stereocenters. The summed E-state index contributed by atoms with van der Waals surface area (Å²) in [7, 11) is 0. The van der Waals surface area contributed by atoms with Crippen molar-refractivity contribution in [2.75, 3.05) is 18.0 Å². The van der Waals surface area contributed by atoms with Crippen molar-refractivity contribution in [1.29, 1.82) is 0 Å². The molecule has 0 aliphatic carbocycles. The smallest absolute Gasteiger partial charge is 0.239 e. The van der Waals surface area contributed by atoms with E-state index in [2.05, 4.69) is 0 Å². The number of hydrogen-bond acceptors (Lipinski definition) is 3. The molecule has 0 radical (unpaired) electrons. The van der Waals surface area contributed by atoms with E-state index < -0.39 is 11.4 Å². The zero-order chi connectivity index (χ0) is 13.1. The van der Waals surface area contributed by atoms with Gasteiger partial charge in [0.2, 0.25) is 5.91 Å². The number of halogens is 1. The number of anilines is 1. The van der Waals surface area contributed by atoms with Gasteiger partial charge in [-0.3, -0.25) is 4.79 Å². The van der Waals surface area contributed by atoms with Crippen LogP contribution in [0.25, 0.3) is 0 Å². The molecule has 0 aliphatic rings. The maximum atomic E-state index is 13.6. The van der Waals surface area contributed by atoms with Crippen molar-refractivity contribution in [2.45, 2.75) is 19.4 Å². The molecule has 1 amide bonds. The second-order valence-corrected chi connectivity index (χ2v) is 4.25. The minimum atomic E-state index is -1.18. The fraction of sp³-hybridized carbons (Fsp3) is 0.417. The highest BCUT2D eigenvalue weighted by molar-refractivity contribution is 5.84. The number of carbonyl (C=O) groups excluding carboxylic acids is 1. The van der Waals surface area contributed by atoms with Gasteiger partial charge in [-0.1, -0.05) is 12.1 Å². The van der Waals surface area contributed by atoms with Crippen LogP contribution in [-0.2, 0) is 4.79 Å². The van der Waals surface area contributed by atoms with Crippen LogP contribution in [0.5, 0.6) is 0 Å². The van der Waals surface area contributed by atoms with Crippen molar-refractivity contribution >= 4 is 11.6 Å². The lowest BCUT2D eigenvalue weighted by Crippen LogP contribution is -2.57. The fourth-order valence-corrected chi connectivity index (χ4v) is 1.55. The predicted octanol–water partition coefficient (Wildman–Crippen LogP) is 0.855. The number of nitrogens with zero attached hydrogens (tertiary/aromatic N) is 1. The summed E-state index contributed by atoms with van der Waals surface area (Å²) in [5, 5.41) is 0. The SMILES string of the molecule is CCN(CC(C)(N)C(N)=O)c1ccccc1F. The summed E-state index contributed by atoms with van der Waals surface area (Å²) in [6.45, 7) is 4.13. The predicted molar refractivity (Wildman–Crippen MR) is 66.1 cm³/mol. The van der Waals surface area contributed by atoms with Crippen LogP contribution < -0.4 is 16.4 Å². The number of benzene rings is 1. The van der Waals surface area contributed by atoms with E-state index in [0.717, 1.165) is 0 Å². The van der Waals surface area contributed by atoms with Gasteiger partial charge in [0.25, 0.3) is 0 Å². The largest absolute Gasteiger partial charge is 0.368 e. The first kappa shape index (κ1) is 13.4. The molecule has 1 rings (SSSR count). The standard InChI is InChI=1S/C12H18FN3O/c1-3-16(8-12(2,15)11(14)17)10-7-5-4-6-9(10)13/h4-7H,3,8,15H2,1-2H3,(H2,14,17). The van der Waals surface area contributed by atoms with E-state index in [0.29, 0.717) is 12.2 Å². The van der Waals surface area contributed by atoms with E-state index in [9.17, 15) is 9.18 Å². The average molecular weight is 239 g/mol. The van der Waals surface area contributed by atoms with Crippen molar-refractivity contribution < 1.29 is 9.18 Å². The van der Waals surface area contributed by atoms with Crippen LogP contribution in [0.4, 0.5) is 10.1 Å². The molecule has 1 unspecified atom stereocenters. The monoisotopic (exact) mass is 239 g/mol. The van der Waals surface area contributed by atoms with Crippen LogP contribution in [-0.4, -0.2) is 24.5 Å². The zero-order valence-electron chi connectivity index (χ0n) is 10.1. The Balaban J connectivity index is 2.94. The molecule has 1 aromatic carbocycles. The first-order chi connectivity index (χ1) is 7.88. The molecule has 0 saturated carbocycles. The molecule has 0 heterocycles. The van der Waals surface area contributed by atoms with Crippen LogP contribution in [0, 0.1) is 5.82 Å². The third-order valence-electron chi connectivity index (χ3n) is 2.66. The molecule has 0 aliphatic heterocycles. The maximum Gasteiger partial charge on any atom is 0.239 e. The number of para-hydroxylation sites is 1. The lowest BCUT2D eigenvalue weighted by molar-refractivity contribution is -0.122. The van der Waals surface area contributed by atoms with Crippen LogP contribution in [0.2, 0.25) is 0 Å². The van der Waals surface area contributed by atoms with E-state index in [1.54, 1.807) is 30.0 Å². The first-order valence-corrected chi connectivity index (χ1v) is 5.46. The summed E-state index contributed by atoms with van der Waals surface area (Å²) in [6, 6.07) is 6.37. The Bertz CT molecular complexity index is 406. The lowest BCUT2D eigenvalue weighted by Gasteiger charge is -2.31. The number of amides is 1. The van der Waals surface area contributed by atoms with Crippen molar-refractivity contribution in [3.63, 3.8) is 0 Å². The summed E-state index contributed by atoms with van der Waals surface area (Å²) in [6.07, 6.45) is 0. The Kier molecular flexibility index (Phi) is 4.07. The molecule has 4 nitrogen and oxygen atoms in total. The van der Waals surface area contributed by atoms with Crippen molar-refractivity contribution in [3.05, 3.63) is 30.1 Å². The van der Waals surface area contributed by atoms with E-state index in [1.807, 2.05) is 6.92 Å². The lowest BCUT2D eigenvalue weighted by atomic mass is 10.0. The second-order valence-electron chi connectivity index (χ2n) is 4.25. The molecular formula is C12H18FN3O. The van der Waals surface area contributed by atoms with Gasteiger partial charge in [0.1, 0.15) is 11.4 Å². The number of likely N-dealkylation sites (N-methyl/N-ethyl adjacent to an activating group) is 1. The van der Waals surface area contributed by atoms with Gasteiger partial charge in [-0.15, -0.1) is 0 Å². The maximum absolute atomic E-state index is 13.6. The minimum absolute atomic E-state index is 0.180. The number of hydrogen-bond donors (Lipinski definition) is 2. The van der Waals surface area contributed by atoms with Gasteiger partial charge < -0.3 is 16.4 Å². The zero-order valence-corrected chi connectivity index (χ0v) is 10.1. The second kappa shape index (κ2) is 5.14. The van der Waals surface area contributed by atoms with Gasteiger partial charge in [0.05, 0.1) is 5.69 Å². The van der Waals surface area contributed by atoms with Crippen LogP contribution in [0.3, 0.4) is 0 Å². The molecule has 17 heavy (non-hydrogen) atoms. The van der Waals surface area contributed by atoms with Crippen LogP contribution in [0.1, 0.15) is 13.8 Å². The van der Waals surface area contributed by atoms with Gasteiger partial charge in [0, 0.05) is 13.1 Å². The third-order valence-corrected chi connectivity index (χ3v) is 2.66. The third kappa shape index (κ3) is 3.17. The number of nitrogens with two attached hydrogens (primary N) is 2. The molecule has 0 aromatic heterocycles. The Labute approximate surface area is 100 Å². The number of primary amides is 1. The summed E-state index contributed by atoms with van der Waals surface area (Å²) < 4.78 is 13.6. The van der Waals surface area contributed by atoms with E-state index >= 15 is 0 Å². The van der Waals surface area contributed by atoms with Crippen molar-refractivity contribution in [3.8, 4) is 0 Å². The highest BCUT2D eigenvalue weighted by atomic mass is 19.1. The van der Waals surface area contributed by atoms with Crippen molar-refractivity contribution in [2.24, 2.45) is 11.5 Å². The minimum Gasteiger partial charge on any atom is -0.368 e.